The molecule has 23 heavy (non-hydrogen) atoms. The Morgan fingerprint density at radius 2 is 1.57 bits per heavy atom. The van der Waals surface area contributed by atoms with Crippen LogP contribution in [0.25, 0.3) is 0 Å². The van der Waals surface area contributed by atoms with Gasteiger partial charge >= 0.3 is 21.3 Å². The summed E-state index contributed by atoms with van der Waals surface area (Å²) in [6.45, 7) is 1.19. The number of hydrogen-bond acceptors (Lipinski definition) is 5. The van der Waals surface area contributed by atoms with E-state index < -0.39 is 42.7 Å². The molecule has 6 nitrogen and oxygen atoms in total. The molecule has 0 aromatic heterocycles. The highest BCUT2D eigenvalue weighted by Gasteiger charge is 2.71. The van der Waals surface area contributed by atoms with Gasteiger partial charge in [-0.05, 0) is 18.6 Å². The largest absolute Gasteiger partial charge is 0.437 e. The summed E-state index contributed by atoms with van der Waals surface area (Å²) < 4.78 is 121. The van der Waals surface area contributed by atoms with E-state index in [9.17, 15) is 38.8 Å². The smallest absolute Gasteiger partial charge is 0.281 e. The van der Waals surface area contributed by atoms with Gasteiger partial charge in [0.15, 0.2) is 0 Å². The van der Waals surface area contributed by atoms with Crippen molar-refractivity contribution in [2.24, 2.45) is 0 Å². The molecule has 0 radical (unpaired) electrons. The van der Waals surface area contributed by atoms with Gasteiger partial charge in [-0.1, -0.05) is 18.2 Å². The lowest BCUT2D eigenvalue weighted by Gasteiger charge is -2.26. The minimum atomic E-state index is -6.73. The van der Waals surface area contributed by atoms with Crippen molar-refractivity contribution < 1.29 is 47.5 Å². The quantitative estimate of drug-likeness (QED) is 0.458. The SMILES string of the molecule is Cc1ccccc1S(=O)(=O)OC(F)C(F)(F)C(F)(F)S(=O)(=O)O. The molecule has 0 aliphatic carbocycles. The second kappa shape index (κ2) is 5.96. The molecule has 1 aromatic carbocycles. The Labute approximate surface area is 127 Å². The fraction of sp³-hybridized carbons (Fsp3) is 0.400. The van der Waals surface area contributed by atoms with Gasteiger partial charge in [-0.15, -0.1) is 0 Å². The van der Waals surface area contributed by atoms with E-state index in [1.165, 1.54) is 19.1 Å². The van der Waals surface area contributed by atoms with Gasteiger partial charge in [0.25, 0.3) is 16.5 Å². The van der Waals surface area contributed by atoms with Gasteiger partial charge in [-0.3, -0.25) is 4.55 Å². The van der Waals surface area contributed by atoms with E-state index in [0.717, 1.165) is 12.1 Å². The zero-order valence-corrected chi connectivity index (χ0v) is 12.7. The Morgan fingerprint density at radius 1 is 1.09 bits per heavy atom. The topological polar surface area (TPSA) is 97.7 Å². The van der Waals surface area contributed by atoms with Crippen LogP contribution in [0.1, 0.15) is 5.56 Å². The lowest BCUT2D eigenvalue weighted by molar-refractivity contribution is -0.240. The molecule has 0 aliphatic rings. The lowest BCUT2D eigenvalue weighted by Crippen LogP contribution is -2.53. The molecule has 1 N–H and O–H groups in total. The fourth-order valence-electron chi connectivity index (χ4n) is 1.36. The summed E-state index contributed by atoms with van der Waals surface area (Å²) >= 11 is 0. The summed E-state index contributed by atoms with van der Waals surface area (Å²) in [5, 5.41) is -6.30. The molecule has 1 atom stereocenters. The van der Waals surface area contributed by atoms with E-state index in [4.69, 9.17) is 4.55 Å². The maximum Gasteiger partial charge on any atom is 0.437 e. The number of alkyl halides is 5. The molecule has 13 heteroatoms. The Hall–Kier alpha value is -1.31. The molecule has 0 bridgehead atoms. The van der Waals surface area contributed by atoms with Crippen molar-refractivity contribution in [2.75, 3.05) is 0 Å². The average molecular weight is 384 g/mol. The highest BCUT2D eigenvalue weighted by molar-refractivity contribution is 7.87. The standard InChI is InChI=1S/C10H9F5O6S2/c1-6-4-2-3-5-7(6)22(16,17)21-8(11)9(12,13)10(14,15)23(18,19)20/h2-5,8H,1H3,(H,18,19,20). The van der Waals surface area contributed by atoms with Crippen LogP contribution in [0.15, 0.2) is 29.2 Å². The summed E-state index contributed by atoms with van der Waals surface area (Å²) in [5.41, 5.74) is -0.0652. The van der Waals surface area contributed by atoms with E-state index in [-0.39, 0.29) is 5.56 Å². The summed E-state index contributed by atoms with van der Waals surface area (Å²) in [5.74, 6) is -6.17. The Bertz CT molecular complexity index is 790. The zero-order valence-electron chi connectivity index (χ0n) is 11.1. The summed E-state index contributed by atoms with van der Waals surface area (Å²) in [7, 11) is -12.0. The van der Waals surface area contributed by atoms with Crippen LogP contribution in [0.2, 0.25) is 0 Å². The molecular formula is C10H9F5O6S2. The minimum absolute atomic E-state index is 0.0652. The number of hydrogen-bond donors (Lipinski definition) is 1. The second-order valence-corrected chi connectivity index (χ2v) is 7.25. The Balaban J connectivity index is 3.22. The van der Waals surface area contributed by atoms with E-state index in [1.54, 1.807) is 0 Å². The van der Waals surface area contributed by atoms with Gasteiger partial charge in [-0.2, -0.15) is 34.4 Å². The minimum Gasteiger partial charge on any atom is -0.281 e. The number of aryl methyl sites for hydroxylation is 1. The number of benzene rings is 1. The molecule has 0 spiro atoms. The van der Waals surface area contributed by atoms with E-state index >= 15 is 0 Å². The first-order valence-electron chi connectivity index (χ1n) is 5.50. The third-order valence-corrected chi connectivity index (χ3v) is 4.91. The normalized spacial score (nSPS) is 15.4. The second-order valence-electron chi connectivity index (χ2n) is 4.25. The van der Waals surface area contributed by atoms with Crippen LogP contribution in [0.3, 0.4) is 0 Å². The predicted octanol–water partition coefficient (Wildman–Crippen LogP) is 2.11. The van der Waals surface area contributed by atoms with E-state index in [0.29, 0.717) is 0 Å². The van der Waals surface area contributed by atoms with Gasteiger partial charge in [-0.25, -0.2) is 8.57 Å². The Morgan fingerprint density at radius 3 is 2.00 bits per heavy atom. The van der Waals surface area contributed by atoms with Gasteiger partial charge in [0.05, 0.1) is 4.90 Å². The highest BCUT2D eigenvalue weighted by Crippen LogP contribution is 2.43. The first-order valence-corrected chi connectivity index (χ1v) is 8.35. The maximum absolute atomic E-state index is 13.3. The number of rotatable bonds is 6. The predicted molar refractivity (Wildman–Crippen MR) is 65.8 cm³/mol. The van der Waals surface area contributed by atoms with Crippen molar-refractivity contribution in [1.82, 2.24) is 0 Å². The summed E-state index contributed by atoms with van der Waals surface area (Å²) in [4.78, 5) is -0.784. The van der Waals surface area contributed by atoms with Crippen molar-refractivity contribution >= 4 is 20.2 Å². The van der Waals surface area contributed by atoms with Crippen LogP contribution in [0, 0.1) is 6.92 Å². The molecule has 0 saturated carbocycles. The molecule has 1 aromatic rings. The molecule has 0 saturated heterocycles. The molecule has 0 amide bonds. The van der Waals surface area contributed by atoms with Crippen molar-refractivity contribution in [2.45, 2.75) is 29.4 Å². The molecule has 0 heterocycles. The van der Waals surface area contributed by atoms with Crippen molar-refractivity contribution in [3.63, 3.8) is 0 Å². The van der Waals surface area contributed by atoms with Crippen LogP contribution >= 0.6 is 0 Å². The third-order valence-electron chi connectivity index (χ3n) is 2.57. The Kier molecular flexibility index (Phi) is 5.11. The first-order chi connectivity index (χ1) is 10.1. The van der Waals surface area contributed by atoms with Gasteiger partial charge in [0.1, 0.15) is 0 Å². The van der Waals surface area contributed by atoms with Crippen molar-refractivity contribution in [3.05, 3.63) is 29.8 Å². The highest BCUT2D eigenvalue weighted by atomic mass is 32.2. The van der Waals surface area contributed by atoms with Crippen LogP contribution < -0.4 is 0 Å². The molecule has 1 unspecified atom stereocenters. The van der Waals surface area contributed by atoms with Crippen molar-refractivity contribution in [3.8, 4) is 0 Å². The molecule has 0 fully saturated rings. The fourth-order valence-corrected chi connectivity index (χ4v) is 2.96. The van der Waals surface area contributed by atoms with Crippen LogP contribution in [-0.2, 0) is 24.4 Å². The molecular weight excluding hydrogens is 375 g/mol. The van der Waals surface area contributed by atoms with E-state index in [1.807, 2.05) is 0 Å². The first kappa shape index (κ1) is 19.7. The summed E-state index contributed by atoms with van der Waals surface area (Å²) in [6, 6.07) is 4.49. The van der Waals surface area contributed by atoms with Crippen LogP contribution in [-0.4, -0.2) is 38.9 Å². The molecule has 0 aliphatic heterocycles. The molecule has 1 rings (SSSR count). The summed E-state index contributed by atoms with van der Waals surface area (Å²) in [6.07, 6.45) is -4.57. The lowest BCUT2D eigenvalue weighted by atomic mass is 10.2. The van der Waals surface area contributed by atoms with Crippen molar-refractivity contribution in [1.29, 1.82) is 0 Å². The van der Waals surface area contributed by atoms with Gasteiger partial charge < -0.3 is 0 Å². The maximum atomic E-state index is 13.3. The van der Waals surface area contributed by atoms with Gasteiger partial charge in [0.2, 0.25) is 0 Å². The average Bonchev–Trinajstić information content (AvgIpc) is 2.36. The monoisotopic (exact) mass is 384 g/mol. The molecule has 132 valence electrons. The van der Waals surface area contributed by atoms with E-state index in [2.05, 4.69) is 4.18 Å². The van der Waals surface area contributed by atoms with Crippen LogP contribution in [0.5, 0.6) is 0 Å². The van der Waals surface area contributed by atoms with Gasteiger partial charge in [0, 0.05) is 0 Å². The third kappa shape index (κ3) is 3.62. The zero-order chi connectivity index (χ0) is 18.3. The number of halogens is 5. The van der Waals surface area contributed by atoms with Crippen LogP contribution in [0.4, 0.5) is 22.0 Å².